The molecular formula is C9H19N3O4. The summed E-state index contributed by atoms with van der Waals surface area (Å²) in [7, 11) is 1.48. The van der Waals surface area contributed by atoms with Crippen molar-refractivity contribution in [2.45, 2.75) is 25.0 Å². The zero-order valence-corrected chi connectivity index (χ0v) is 9.31. The first kappa shape index (κ1) is 14.8. The summed E-state index contributed by atoms with van der Waals surface area (Å²) in [5.74, 6) is -1.08. The number of aliphatic hydroxyl groups excluding tert-OH is 1. The fourth-order valence-corrected chi connectivity index (χ4v) is 1.08. The fourth-order valence-electron chi connectivity index (χ4n) is 1.08. The standard InChI is InChI=1S/C9H19N3O4/c1-16-5-6(13)2-3-12-9(15)7(10)4-8(11)14/h6-7,13H,2-5,10H2,1H3,(H2,11,14)(H,12,15). The van der Waals surface area contributed by atoms with Crippen molar-refractivity contribution < 1.29 is 19.4 Å². The molecule has 2 unspecified atom stereocenters. The summed E-state index contributed by atoms with van der Waals surface area (Å²) in [4.78, 5) is 21.7. The number of nitrogens with one attached hydrogen (secondary N) is 1. The lowest BCUT2D eigenvalue weighted by molar-refractivity contribution is -0.126. The van der Waals surface area contributed by atoms with E-state index in [-0.39, 0.29) is 19.6 Å². The van der Waals surface area contributed by atoms with Gasteiger partial charge in [-0.25, -0.2) is 0 Å². The summed E-state index contributed by atoms with van der Waals surface area (Å²) >= 11 is 0. The van der Waals surface area contributed by atoms with Crippen molar-refractivity contribution in [2.75, 3.05) is 20.3 Å². The molecule has 0 bridgehead atoms. The van der Waals surface area contributed by atoms with Gasteiger partial charge in [-0.15, -0.1) is 0 Å². The molecular weight excluding hydrogens is 214 g/mol. The van der Waals surface area contributed by atoms with Gasteiger partial charge in [0.25, 0.3) is 0 Å². The molecule has 0 aromatic rings. The lowest BCUT2D eigenvalue weighted by atomic mass is 10.2. The zero-order chi connectivity index (χ0) is 12.6. The third-order valence-electron chi connectivity index (χ3n) is 1.89. The van der Waals surface area contributed by atoms with Crippen LogP contribution in [0.4, 0.5) is 0 Å². The average Bonchev–Trinajstić information content (AvgIpc) is 2.16. The van der Waals surface area contributed by atoms with E-state index in [1.54, 1.807) is 0 Å². The Kier molecular flexibility index (Phi) is 7.44. The normalized spacial score (nSPS) is 14.2. The van der Waals surface area contributed by atoms with Gasteiger partial charge in [0.05, 0.1) is 25.2 Å². The topological polar surface area (TPSA) is 128 Å². The Morgan fingerprint density at radius 3 is 2.62 bits per heavy atom. The smallest absolute Gasteiger partial charge is 0.237 e. The van der Waals surface area contributed by atoms with E-state index in [1.807, 2.05) is 0 Å². The number of methoxy groups -OCH3 is 1. The molecule has 16 heavy (non-hydrogen) atoms. The molecule has 0 spiro atoms. The number of nitrogens with two attached hydrogens (primary N) is 2. The van der Waals surface area contributed by atoms with E-state index in [1.165, 1.54) is 7.11 Å². The Labute approximate surface area is 94.1 Å². The van der Waals surface area contributed by atoms with Crippen LogP contribution in [0.15, 0.2) is 0 Å². The second kappa shape index (κ2) is 8.03. The molecule has 7 heteroatoms. The highest BCUT2D eigenvalue weighted by atomic mass is 16.5. The Morgan fingerprint density at radius 2 is 2.12 bits per heavy atom. The van der Waals surface area contributed by atoms with Gasteiger partial charge in [-0.05, 0) is 6.42 Å². The number of amides is 2. The molecule has 7 nitrogen and oxygen atoms in total. The van der Waals surface area contributed by atoms with Crippen LogP contribution in [0.3, 0.4) is 0 Å². The summed E-state index contributed by atoms with van der Waals surface area (Å²) in [6.45, 7) is 0.485. The Hall–Kier alpha value is -1.18. The first-order chi connectivity index (χ1) is 7.47. The molecule has 0 aliphatic carbocycles. The van der Waals surface area contributed by atoms with Crippen molar-refractivity contribution in [2.24, 2.45) is 11.5 Å². The van der Waals surface area contributed by atoms with Gasteiger partial charge in [-0.2, -0.15) is 0 Å². The molecule has 94 valence electrons. The highest BCUT2D eigenvalue weighted by molar-refractivity contribution is 5.87. The van der Waals surface area contributed by atoms with Crippen molar-refractivity contribution >= 4 is 11.8 Å². The highest BCUT2D eigenvalue weighted by Gasteiger charge is 2.15. The third-order valence-corrected chi connectivity index (χ3v) is 1.89. The predicted octanol–water partition coefficient (Wildman–Crippen LogP) is -2.30. The molecule has 0 saturated carbocycles. The molecule has 0 aromatic heterocycles. The van der Waals surface area contributed by atoms with E-state index in [4.69, 9.17) is 16.2 Å². The largest absolute Gasteiger partial charge is 0.391 e. The van der Waals surface area contributed by atoms with Gasteiger partial charge >= 0.3 is 0 Å². The molecule has 2 amide bonds. The maximum Gasteiger partial charge on any atom is 0.237 e. The Balaban J connectivity index is 3.68. The minimum atomic E-state index is -0.933. The lowest BCUT2D eigenvalue weighted by Crippen LogP contribution is -2.43. The van der Waals surface area contributed by atoms with E-state index in [0.29, 0.717) is 6.42 Å². The molecule has 6 N–H and O–H groups in total. The van der Waals surface area contributed by atoms with Crippen LogP contribution in [0, 0.1) is 0 Å². The Morgan fingerprint density at radius 1 is 1.50 bits per heavy atom. The number of carbonyl (C=O) groups is 2. The number of carbonyl (C=O) groups excluding carboxylic acids is 2. The molecule has 0 saturated heterocycles. The van der Waals surface area contributed by atoms with Gasteiger partial charge in [-0.3, -0.25) is 9.59 Å². The van der Waals surface area contributed by atoms with Crippen LogP contribution < -0.4 is 16.8 Å². The van der Waals surface area contributed by atoms with E-state index in [0.717, 1.165) is 0 Å². The monoisotopic (exact) mass is 233 g/mol. The number of rotatable bonds is 8. The Bertz CT molecular complexity index is 235. The van der Waals surface area contributed by atoms with Crippen molar-refractivity contribution in [3.05, 3.63) is 0 Å². The van der Waals surface area contributed by atoms with Crippen LogP contribution in [-0.4, -0.2) is 49.3 Å². The number of aliphatic hydroxyl groups is 1. The quantitative estimate of drug-likeness (QED) is 0.375. The molecule has 0 radical (unpaired) electrons. The van der Waals surface area contributed by atoms with Crippen LogP contribution in [0.1, 0.15) is 12.8 Å². The van der Waals surface area contributed by atoms with Gasteiger partial charge in [0.1, 0.15) is 0 Å². The molecule has 0 aliphatic rings. The van der Waals surface area contributed by atoms with Gasteiger partial charge in [0.2, 0.25) is 11.8 Å². The van der Waals surface area contributed by atoms with E-state index in [2.05, 4.69) is 5.32 Å². The number of primary amides is 1. The van der Waals surface area contributed by atoms with Crippen LogP contribution >= 0.6 is 0 Å². The summed E-state index contributed by atoms with van der Waals surface area (Å²) in [6, 6.07) is -0.933. The first-order valence-electron chi connectivity index (χ1n) is 4.96. The van der Waals surface area contributed by atoms with Crippen molar-refractivity contribution in [1.29, 1.82) is 0 Å². The average molecular weight is 233 g/mol. The van der Waals surface area contributed by atoms with E-state index in [9.17, 15) is 14.7 Å². The van der Waals surface area contributed by atoms with Gasteiger partial charge in [0, 0.05) is 13.7 Å². The van der Waals surface area contributed by atoms with Crippen LogP contribution in [-0.2, 0) is 14.3 Å². The zero-order valence-electron chi connectivity index (χ0n) is 9.31. The van der Waals surface area contributed by atoms with Gasteiger partial charge < -0.3 is 26.6 Å². The second-order valence-electron chi connectivity index (χ2n) is 3.47. The molecule has 0 heterocycles. The maximum atomic E-state index is 11.3. The molecule has 0 fully saturated rings. The fraction of sp³-hybridized carbons (Fsp3) is 0.778. The van der Waals surface area contributed by atoms with Crippen molar-refractivity contribution in [1.82, 2.24) is 5.32 Å². The van der Waals surface area contributed by atoms with Crippen molar-refractivity contribution in [3.8, 4) is 0 Å². The van der Waals surface area contributed by atoms with E-state index >= 15 is 0 Å². The summed E-state index contributed by atoms with van der Waals surface area (Å²) in [5, 5.41) is 11.8. The minimum Gasteiger partial charge on any atom is -0.391 e. The molecule has 0 rings (SSSR count). The van der Waals surface area contributed by atoms with Gasteiger partial charge in [-0.1, -0.05) is 0 Å². The SMILES string of the molecule is COCC(O)CCNC(=O)C(N)CC(N)=O. The number of hydrogen-bond acceptors (Lipinski definition) is 5. The van der Waals surface area contributed by atoms with Crippen LogP contribution in [0.2, 0.25) is 0 Å². The summed E-state index contributed by atoms with van der Waals surface area (Å²) in [6.07, 6.45) is -0.451. The highest BCUT2D eigenvalue weighted by Crippen LogP contribution is 1.91. The van der Waals surface area contributed by atoms with Crippen LogP contribution in [0.5, 0.6) is 0 Å². The molecule has 2 atom stereocenters. The summed E-state index contributed by atoms with van der Waals surface area (Å²) in [5.41, 5.74) is 10.3. The number of ether oxygens (including phenoxy) is 1. The lowest BCUT2D eigenvalue weighted by Gasteiger charge is -2.12. The van der Waals surface area contributed by atoms with Crippen LogP contribution in [0.25, 0.3) is 0 Å². The predicted molar refractivity (Wildman–Crippen MR) is 57.3 cm³/mol. The van der Waals surface area contributed by atoms with Crippen molar-refractivity contribution in [3.63, 3.8) is 0 Å². The molecule has 0 aliphatic heterocycles. The first-order valence-corrected chi connectivity index (χ1v) is 4.96. The third kappa shape index (κ3) is 7.16. The minimum absolute atomic E-state index is 0.188. The second-order valence-corrected chi connectivity index (χ2v) is 3.47. The van der Waals surface area contributed by atoms with Gasteiger partial charge in [0.15, 0.2) is 0 Å². The number of hydrogen-bond donors (Lipinski definition) is 4. The summed E-state index contributed by atoms with van der Waals surface area (Å²) < 4.78 is 4.71. The van der Waals surface area contributed by atoms with E-state index < -0.39 is 24.0 Å². The maximum absolute atomic E-state index is 11.3. The molecule has 0 aromatic carbocycles.